The third kappa shape index (κ3) is 2.28. The fourth-order valence-electron chi connectivity index (χ4n) is 2.73. The van der Waals surface area contributed by atoms with Crippen LogP contribution >= 0.6 is 0 Å². The molecule has 1 aromatic heterocycles. The second-order valence-electron chi connectivity index (χ2n) is 5.16. The number of fused-ring (bicyclic) bond motifs is 1. The average Bonchev–Trinajstić information content (AvgIpc) is 2.53. The molecule has 0 aliphatic carbocycles. The molecule has 1 aliphatic heterocycles. The maximum absolute atomic E-state index is 12.3. The van der Waals surface area contributed by atoms with Gasteiger partial charge in [-0.1, -0.05) is 18.2 Å². The van der Waals surface area contributed by atoms with E-state index in [1.807, 2.05) is 6.07 Å². The maximum Gasteiger partial charge on any atom is 0.343 e. The number of allylic oxidation sites excluding steroid dienone is 1. The summed E-state index contributed by atoms with van der Waals surface area (Å²) in [6, 6.07) is 9.19. The molecule has 0 spiro atoms. The first-order chi connectivity index (χ1) is 11.4. The Hall–Kier alpha value is -3.60. The standard InChI is InChI=1S/C16H11N3O5/c1-8-6-12-14(16(20)23-8)13(10(7-17)15(18)24-12)9-4-2-3-5-11(9)19(21)22/h2-6,13H,18H2,1H3/t13-/m1/s1. The number of benzene rings is 1. The van der Waals surface area contributed by atoms with Crippen molar-refractivity contribution < 1.29 is 14.1 Å². The van der Waals surface area contributed by atoms with E-state index in [0.717, 1.165) is 0 Å². The smallest absolute Gasteiger partial charge is 0.343 e. The van der Waals surface area contributed by atoms with Crippen LogP contribution in [0.4, 0.5) is 5.69 Å². The summed E-state index contributed by atoms with van der Waals surface area (Å²) in [5.41, 5.74) is 4.94. The molecule has 0 unspecified atom stereocenters. The Balaban J connectivity index is 2.37. The predicted octanol–water partition coefficient (Wildman–Crippen LogP) is 2.07. The SMILES string of the molecule is Cc1cc2c(c(=O)o1)[C@H](c1ccccc1[N+](=O)[O-])C(C#N)=C(N)O2. The molecule has 0 amide bonds. The van der Waals surface area contributed by atoms with Crippen LogP contribution in [0.25, 0.3) is 0 Å². The summed E-state index contributed by atoms with van der Waals surface area (Å²) >= 11 is 0. The molecule has 8 nitrogen and oxygen atoms in total. The highest BCUT2D eigenvalue weighted by atomic mass is 16.6. The summed E-state index contributed by atoms with van der Waals surface area (Å²) in [6.45, 7) is 1.56. The lowest BCUT2D eigenvalue weighted by Gasteiger charge is -2.24. The van der Waals surface area contributed by atoms with Crippen LogP contribution in [0.2, 0.25) is 0 Å². The Bertz CT molecular complexity index is 984. The van der Waals surface area contributed by atoms with Crippen LogP contribution in [-0.4, -0.2) is 4.92 Å². The van der Waals surface area contributed by atoms with Crippen molar-refractivity contribution in [1.29, 1.82) is 5.26 Å². The normalized spacial score (nSPS) is 16.1. The second kappa shape index (κ2) is 5.55. The van der Waals surface area contributed by atoms with Crippen molar-refractivity contribution in [3.8, 4) is 11.8 Å². The number of para-hydroxylation sites is 1. The van der Waals surface area contributed by atoms with Crippen molar-refractivity contribution in [2.75, 3.05) is 0 Å². The molecule has 2 N–H and O–H groups in total. The molecule has 120 valence electrons. The first-order valence-electron chi connectivity index (χ1n) is 6.89. The second-order valence-corrected chi connectivity index (χ2v) is 5.16. The zero-order valence-corrected chi connectivity index (χ0v) is 12.5. The minimum absolute atomic E-state index is 0.0145. The molecule has 1 aromatic carbocycles. The van der Waals surface area contributed by atoms with E-state index >= 15 is 0 Å². The minimum Gasteiger partial charge on any atom is -0.440 e. The molecule has 2 aromatic rings. The van der Waals surface area contributed by atoms with E-state index in [1.165, 1.54) is 24.3 Å². The van der Waals surface area contributed by atoms with Gasteiger partial charge < -0.3 is 14.9 Å². The first-order valence-corrected chi connectivity index (χ1v) is 6.89. The van der Waals surface area contributed by atoms with Crippen LogP contribution in [0.3, 0.4) is 0 Å². The molecule has 0 radical (unpaired) electrons. The third-order valence-electron chi connectivity index (χ3n) is 3.70. The van der Waals surface area contributed by atoms with Crippen LogP contribution in [-0.2, 0) is 0 Å². The topological polar surface area (TPSA) is 132 Å². The van der Waals surface area contributed by atoms with Gasteiger partial charge in [-0.2, -0.15) is 5.26 Å². The fourth-order valence-corrected chi connectivity index (χ4v) is 2.73. The summed E-state index contributed by atoms with van der Waals surface area (Å²) < 4.78 is 10.4. The van der Waals surface area contributed by atoms with Crippen molar-refractivity contribution in [3.05, 3.63) is 79.2 Å². The number of aryl methyl sites for hydroxylation is 1. The first kappa shape index (κ1) is 15.3. The minimum atomic E-state index is -1.03. The number of ether oxygens (including phenoxy) is 1. The van der Waals surface area contributed by atoms with Gasteiger partial charge in [0.05, 0.1) is 16.4 Å². The van der Waals surface area contributed by atoms with Gasteiger partial charge in [0.25, 0.3) is 5.69 Å². The van der Waals surface area contributed by atoms with E-state index in [9.17, 15) is 20.2 Å². The number of hydrogen-bond acceptors (Lipinski definition) is 7. The molecule has 1 aliphatic rings. The van der Waals surface area contributed by atoms with Gasteiger partial charge in [0, 0.05) is 17.7 Å². The summed E-state index contributed by atoms with van der Waals surface area (Å²) in [5.74, 6) is -0.799. The molecular weight excluding hydrogens is 314 g/mol. The zero-order chi connectivity index (χ0) is 17.4. The molecular formula is C16H11N3O5. The lowest BCUT2D eigenvalue weighted by molar-refractivity contribution is -0.385. The molecule has 24 heavy (non-hydrogen) atoms. The number of hydrogen-bond donors (Lipinski definition) is 1. The fraction of sp³-hybridized carbons (Fsp3) is 0.125. The molecule has 0 saturated heterocycles. The van der Waals surface area contributed by atoms with Gasteiger partial charge in [0.2, 0.25) is 5.88 Å². The maximum atomic E-state index is 12.3. The quantitative estimate of drug-likeness (QED) is 0.660. The summed E-state index contributed by atoms with van der Waals surface area (Å²) in [4.78, 5) is 23.1. The summed E-state index contributed by atoms with van der Waals surface area (Å²) in [7, 11) is 0. The largest absolute Gasteiger partial charge is 0.440 e. The summed E-state index contributed by atoms with van der Waals surface area (Å²) in [6.07, 6.45) is 0. The molecule has 0 fully saturated rings. The van der Waals surface area contributed by atoms with Gasteiger partial charge in [-0.3, -0.25) is 10.1 Å². The number of nitrogens with two attached hydrogens (primary N) is 1. The van der Waals surface area contributed by atoms with E-state index in [0.29, 0.717) is 5.76 Å². The van der Waals surface area contributed by atoms with Gasteiger partial charge in [0.15, 0.2) is 0 Å². The average molecular weight is 325 g/mol. The van der Waals surface area contributed by atoms with Crippen LogP contribution in [0.15, 0.2) is 51.0 Å². The number of nitro benzene ring substituents is 1. The predicted molar refractivity (Wildman–Crippen MR) is 82.1 cm³/mol. The van der Waals surface area contributed by atoms with E-state index in [1.54, 1.807) is 13.0 Å². The summed E-state index contributed by atoms with van der Waals surface area (Å²) in [5, 5.41) is 20.8. The molecule has 2 heterocycles. The lowest BCUT2D eigenvalue weighted by atomic mass is 9.83. The van der Waals surface area contributed by atoms with Crippen LogP contribution in [0, 0.1) is 28.4 Å². The van der Waals surface area contributed by atoms with Gasteiger partial charge in [-0.05, 0) is 6.92 Å². The molecule has 0 saturated carbocycles. The van der Waals surface area contributed by atoms with Crippen LogP contribution < -0.4 is 16.1 Å². The molecule has 8 heteroatoms. The Morgan fingerprint density at radius 1 is 1.38 bits per heavy atom. The van der Waals surface area contributed by atoms with Crippen molar-refractivity contribution in [3.63, 3.8) is 0 Å². The van der Waals surface area contributed by atoms with Crippen LogP contribution in [0.5, 0.6) is 5.75 Å². The van der Waals surface area contributed by atoms with E-state index < -0.39 is 16.5 Å². The number of nitrogens with zero attached hydrogens (tertiary/aromatic N) is 2. The van der Waals surface area contributed by atoms with E-state index in [4.69, 9.17) is 14.9 Å². The van der Waals surface area contributed by atoms with Gasteiger partial charge in [-0.15, -0.1) is 0 Å². The molecule has 3 rings (SSSR count). The Kier molecular flexibility index (Phi) is 3.54. The van der Waals surface area contributed by atoms with Crippen LogP contribution in [0.1, 0.15) is 22.8 Å². The van der Waals surface area contributed by atoms with Crippen molar-refractivity contribution in [1.82, 2.24) is 0 Å². The lowest BCUT2D eigenvalue weighted by Crippen LogP contribution is -2.26. The van der Waals surface area contributed by atoms with Gasteiger partial charge >= 0.3 is 5.63 Å². The van der Waals surface area contributed by atoms with E-state index in [2.05, 4.69) is 0 Å². The number of nitriles is 1. The van der Waals surface area contributed by atoms with Gasteiger partial charge in [0.1, 0.15) is 23.2 Å². The third-order valence-corrected chi connectivity index (χ3v) is 3.70. The van der Waals surface area contributed by atoms with E-state index in [-0.39, 0.29) is 34.0 Å². The monoisotopic (exact) mass is 325 g/mol. The van der Waals surface area contributed by atoms with Crippen molar-refractivity contribution >= 4 is 5.69 Å². The highest BCUT2D eigenvalue weighted by Gasteiger charge is 2.37. The van der Waals surface area contributed by atoms with Crippen molar-refractivity contribution in [2.45, 2.75) is 12.8 Å². The van der Waals surface area contributed by atoms with Gasteiger partial charge in [-0.25, -0.2) is 4.79 Å². The Labute approximate surface area is 135 Å². The Morgan fingerprint density at radius 3 is 2.75 bits per heavy atom. The number of rotatable bonds is 2. The Morgan fingerprint density at radius 2 is 2.08 bits per heavy atom. The number of nitro groups is 1. The zero-order valence-electron chi connectivity index (χ0n) is 12.5. The molecule has 1 atom stereocenters. The highest BCUT2D eigenvalue weighted by Crippen LogP contribution is 2.43. The molecule has 0 bridgehead atoms. The van der Waals surface area contributed by atoms with Crippen molar-refractivity contribution in [2.24, 2.45) is 5.73 Å². The highest BCUT2D eigenvalue weighted by molar-refractivity contribution is 5.59.